The lowest BCUT2D eigenvalue weighted by atomic mass is 10.0. The van der Waals surface area contributed by atoms with Crippen molar-refractivity contribution in [2.45, 2.75) is 31.7 Å². The minimum Gasteiger partial charge on any atom is -0.480 e. The summed E-state index contributed by atoms with van der Waals surface area (Å²) in [6.07, 6.45) is 4.00. The normalized spacial score (nSPS) is 20.1. The van der Waals surface area contributed by atoms with Crippen LogP contribution in [0.15, 0.2) is 16.9 Å². The van der Waals surface area contributed by atoms with Crippen molar-refractivity contribution < 1.29 is 24.6 Å². The first kappa shape index (κ1) is 20.4. The van der Waals surface area contributed by atoms with Crippen LogP contribution >= 0.6 is 15.9 Å². The zero-order valence-corrected chi connectivity index (χ0v) is 17.5. The van der Waals surface area contributed by atoms with E-state index in [1.54, 1.807) is 12.4 Å². The van der Waals surface area contributed by atoms with Crippen LogP contribution in [0.3, 0.4) is 0 Å². The number of piperidine rings is 1. The van der Waals surface area contributed by atoms with Crippen LogP contribution in [0.1, 0.15) is 25.7 Å². The van der Waals surface area contributed by atoms with Crippen molar-refractivity contribution >= 4 is 56.3 Å². The highest BCUT2D eigenvalue weighted by molar-refractivity contribution is 9.10. The molecule has 1 aliphatic carbocycles. The minimum absolute atomic E-state index is 0.306. The molecule has 1 saturated heterocycles. The number of H-pyrrole nitrogens is 1. The zero-order valence-electron chi connectivity index (χ0n) is 15.9. The zero-order chi connectivity index (χ0) is 21.6. The van der Waals surface area contributed by atoms with Crippen molar-refractivity contribution in [2.75, 3.05) is 23.3 Å². The van der Waals surface area contributed by atoms with Crippen LogP contribution in [0, 0.1) is 5.41 Å². The van der Waals surface area contributed by atoms with Gasteiger partial charge in [-0.3, -0.25) is 9.59 Å². The largest absolute Gasteiger partial charge is 0.480 e. The van der Waals surface area contributed by atoms with E-state index in [-0.39, 0.29) is 6.04 Å². The maximum Gasteiger partial charge on any atom is 0.421 e. The number of aliphatic carboxylic acids is 1. The van der Waals surface area contributed by atoms with Crippen LogP contribution < -0.4 is 16.1 Å². The summed E-state index contributed by atoms with van der Waals surface area (Å²) < 4.78 is 0.670. The summed E-state index contributed by atoms with van der Waals surface area (Å²) in [7, 11) is 0. The molecule has 4 rings (SSSR count). The summed E-state index contributed by atoms with van der Waals surface area (Å²) in [5.74, 6) is 4.02. The Bertz CT molecular complexity index is 1040. The summed E-state index contributed by atoms with van der Waals surface area (Å²) in [6, 6.07) is -0.384. The Hall–Kier alpha value is -2.86. The molecule has 0 bridgehead atoms. The Morgan fingerprint density at radius 3 is 2.73 bits per heavy atom. The smallest absolute Gasteiger partial charge is 0.421 e. The number of rotatable bonds is 5. The molecule has 160 valence electrons. The number of nitrogens with two attached hydrogens (primary N) is 1. The van der Waals surface area contributed by atoms with Crippen LogP contribution in [-0.2, 0) is 9.59 Å². The lowest BCUT2D eigenvalue weighted by Gasteiger charge is -2.38. The average molecular weight is 481 g/mol. The highest BCUT2D eigenvalue weighted by Crippen LogP contribution is 2.47. The van der Waals surface area contributed by atoms with Gasteiger partial charge < -0.3 is 25.4 Å². The number of anilines is 2. The van der Waals surface area contributed by atoms with Crippen LogP contribution in [-0.4, -0.2) is 62.3 Å². The van der Waals surface area contributed by atoms with Gasteiger partial charge in [-0.05, 0) is 41.6 Å². The van der Waals surface area contributed by atoms with Crippen molar-refractivity contribution in [1.29, 1.82) is 0 Å². The molecular weight excluding hydrogens is 460 g/mol. The fraction of sp³-hybridized carbons (Fsp3) is 0.444. The predicted molar refractivity (Wildman–Crippen MR) is 111 cm³/mol. The van der Waals surface area contributed by atoms with E-state index in [4.69, 9.17) is 5.84 Å². The molecule has 2 aromatic rings. The highest BCUT2D eigenvalue weighted by atomic mass is 79.9. The van der Waals surface area contributed by atoms with E-state index in [0.29, 0.717) is 53.5 Å². The number of pyridine rings is 1. The molecule has 2 amide bonds. The predicted octanol–water partition coefficient (Wildman–Crippen LogP) is 1.95. The molecule has 30 heavy (non-hydrogen) atoms. The summed E-state index contributed by atoms with van der Waals surface area (Å²) in [5.41, 5.74) is 0.311. The second kappa shape index (κ2) is 7.43. The molecule has 12 heteroatoms. The van der Waals surface area contributed by atoms with E-state index in [2.05, 4.69) is 31.2 Å². The number of halogens is 1. The molecule has 0 radical (unpaired) electrons. The minimum atomic E-state index is -1.37. The van der Waals surface area contributed by atoms with E-state index in [1.807, 2.05) is 4.90 Å². The first-order valence-corrected chi connectivity index (χ1v) is 10.3. The third-order valence-electron chi connectivity index (χ3n) is 5.80. The van der Waals surface area contributed by atoms with E-state index in [0.717, 1.165) is 17.1 Å². The molecule has 2 fully saturated rings. The molecule has 1 atom stereocenters. The number of carbonyl (C=O) groups excluding carboxylic acids is 1. The summed E-state index contributed by atoms with van der Waals surface area (Å²) in [5, 5.41) is 22.8. The lowest BCUT2D eigenvalue weighted by Crippen LogP contribution is -2.53. The average Bonchev–Trinajstić information content (AvgIpc) is 3.45. The Labute approximate surface area is 179 Å². The van der Waals surface area contributed by atoms with Gasteiger partial charge in [0.1, 0.15) is 11.1 Å². The van der Waals surface area contributed by atoms with Gasteiger partial charge in [0.2, 0.25) is 5.91 Å². The van der Waals surface area contributed by atoms with Crippen LogP contribution in [0.4, 0.5) is 16.2 Å². The van der Waals surface area contributed by atoms with Gasteiger partial charge in [-0.1, -0.05) is 0 Å². The van der Waals surface area contributed by atoms with Crippen molar-refractivity contribution in [3.05, 3.63) is 16.9 Å². The number of carboxylic acid groups (broad SMARTS) is 2. The van der Waals surface area contributed by atoms with Gasteiger partial charge in [0.25, 0.3) is 0 Å². The summed E-state index contributed by atoms with van der Waals surface area (Å²) in [6.45, 7) is 1.04. The second-order valence-electron chi connectivity index (χ2n) is 7.65. The van der Waals surface area contributed by atoms with E-state index in [9.17, 15) is 24.6 Å². The first-order valence-electron chi connectivity index (χ1n) is 9.47. The number of aromatic nitrogens is 2. The van der Waals surface area contributed by atoms with Gasteiger partial charge in [0, 0.05) is 25.5 Å². The summed E-state index contributed by atoms with van der Waals surface area (Å²) >= 11 is 3.51. The van der Waals surface area contributed by atoms with Gasteiger partial charge in [-0.25, -0.2) is 20.6 Å². The number of aromatic amines is 1. The number of carboxylic acids is 1. The van der Waals surface area contributed by atoms with Gasteiger partial charge >= 0.3 is 12.1 Å². The van der Waals surface area contributed by atoms with Gasteiger partial charge in [0.05, 0.1) is 27.3 Å². The number of nitrogens with one attached hydrogen (secondary N) is 2. The number of nitrogens with zero attached hydrogens (tertiary/aromatic N) is 3. The van der Waals surface area contributed by atoms with E-state index in [1.165, 1.54) is 0 Å². The number of amides is 2. The quantitative estimate of drug-likeness (QED) is 0.187. The maximum atomic E-state index is 12.6. The second-order valence-corrected chi connectivity index (χ2v) is 8.51. The molecular formula is C18H21BrN6O5. The SMILES string of the molecule is NN(C(=O)O)[C@@H]1CCCN(c2c(Br)cnc3[nH]cc(NC(=O)C4(C(=O)O)CC4)c23)C1. The van der Waals surface area contributed by atoms with Crippen molar-refractivity contribution in [3.8, 4) is 0 Å². The van der Waals surface area contributed by atoms with E-state index >= 15 is 0 Å². The van der Waals surface area contributed by atoms with Crippen LogP contribution in [0.5, 0.6) is 0 Å². The highest BCUT2D eigenvalue weighted by Gasteiger charge is 2.57. The van der Waals surface area contributed by atoms with Crippen LogP contribution in [0.2, 0.25) is 0 Å². The number of hydrogen-bond donors (Lipinski definition) is 5. The monoisotopic (exact) mass is 480 g/mol. The molecule has 0 spiro atoms. The molecule has 1 aliphatic heterocycles. The number of hydrogen-bond acceptors (Lipinski definition) is 6. The topological polar surface area (TPSA) is 165 Å². The fourth-order valence-corrected chi connectivity index (χ4v) is 4.46. The third kappa shape index (κ3) is 3.35. The van der Waals surface area contributed by atoms with Gasteiger partial charge in [-0.15, -0.1) is 0 Å². The first-order chi connectivity index (χ1) is 14.2. The molecule has 2 aliphatic rings. The maximum absolute atomic E-state index is 12.6. The molecule has 6 N–H and O–H groups in total. The lowest BCUT2D eigenvalue weighted by molar-refractivity contribution is -0.147. The fourth-order valence-electron chi connectivity index (χ4n) is 3.91. The summed E-state index contributed by atoms with van der Waals surface area (Å²) in [4.78, 5) is 44.7. The Kier molecular flexibility index (Phi) is 5.06. The molecule has 11 nitrogen and oxygen atoms in total. The van der Waals surface area contributed by atoms with Crippen molar-refractivity contribution in [3.63, 3.8) is 0 Å². The van der Waals surface area contributed by atoms with Gasteiger partial charge in [0.15, 0.2) is 0 Å². The Morgan fingerprint density at radius 2 is 2.10 bits per heavy atom. The molecule has 0 unspecified atom stereocenters. The van der Waals surface area contributed by atoms with Crippen LogP contribution in [0.25, 0.3) is 11.0 Å². The number of fused-ring (bicyclic) bond motifs is 1. The van der Waals surface area contributed by atoms with Crippen molar-refractivity contribution in [1.82, 2.24) is 15.0 Å². The number of hydrazine groups is 1. The molecule has 2 aromatic heterocycles. The standard InChI is InChI=1S/C18H21BrN6O5/c19-10-6-21-14-12(11(7-22-14)23-15(26)18(3-4-18)16(27)28)13(10)24-5-1-2-9(8-24)25(20)17(29)30/h6-7,9H,1-5,8,20H2,(H,21,22)(H,23,26)(H,27,28)(H,29,30)/t9-/m1/s1. The van der Waals surface area contributed by atoms with Crippen molar-refractivity contribution in [2.24, 2.45) is 11.3 Å². The molecule has 0 aromatic carbocycles. The molecule has 3 heterocycles. The Morgan fingerprint density at radius 1 is 1.37 bits per heavy atom. The van der Waals surface area contributed by atoms with E-state index < -0.39 is 23.4 Å². The number of carbonyl (C=O) groups is 3. The van der Waals surface area contributed by atoms with Gasteiger partial charge in [-0.2, -0.15) is 0 Å². The third-order valence-corrected chi connectivity index (χ3v) is 6.38. The molecule has 1 saturated carbocycles. The Balaban J connectivity index is 1.69.